The molecule has 24 heavy (non-hydrogen) atoms. The molecular formula is C15H19F3N2O3S. The summed E-state index contributed by atoms with van der Waals surface area (Å²) in [4.78, 5) is -0.351. The number of hydrogen-bond acceptors (Lipinski definition) is 4. The first-order chi connectivity index (χ1) is 11.0. The predicted octanol–water partition coefficient (Wildman–Crippen LogP) is 3.19. The van der Waals surface area contributed by atoms with E-state index in [9.17, 15) is 26.7 Å². The molecule has 134 valence electrons. The third kappa shape index (κ3) is 3.27. The molecule has 0 radical (unpaired) electrons. The largest absolute Gasteiger partial charge is 0.439 e. The van der Waals surface area contributed by atoms with Crippen molar-refractivity contribution in [3.8, 4) is 0 Å². The van der Waals surface area contributed by atoms with Crippen LogP contribution < -0.4 is 0 Å². The number of hydrazone groups is 1. The average Bonchev–Trinajstić information content (AvgIpc) is 2.84. The van der Waals surface area contributed by atoms with Gasteiger partial charge in [0, 0.05) is 12.1 Å². The second kappa shape index (κ2) is 6.36. The monoisotopic (exact) mass is 364 g/mol. The Kier molecular flexibility index (Phi) is 4.96. The fourth-order valence-corrected chi connectivity index (χ4v) is 3.86. The van der Waals surface area contributed by atoms with Crippen LogP contribution in [0, 0.1) is 6.92 Å². The molecule has 5 nitrogen and oxygen atoms in total. The summed E-state index contributed by atoms with van der Waals surface area (Å²) in [5.74, 6) is 0. The van der Waals surface area contributed by atoms with Crippen LogP contribution in [0.3, 0.4) is 0 Å². The van der Waals surface area contributed by atoms with E-state index in [0.29, 0.717) is 12.8 Å². The third-order valence-electron chi connectivity index (χ3n) is 3.82. The summed E-state index contributed by atoms with van der Waals surface area (Å²) < 4.78 is 65.1. The fourth-order valence-electron chi connectivity index (χ4n) is 2.39. The first-order valence-corrected chi connectivity index (χ1v) is 8.94. The Bertz CT molecular complexity index is 729. The Morgan fingerprint density at radius 2 is 1.88 bits per heavy atom. The molecule has 0 saturated carbocycles. The zero-order valence-electron chi connectivity index (χ0n) is 13.3. The molecule has 0 fully saturated rings. The van der Waals surface area contributed by atoms with Crippen LogP contribution in [0.1, 0.15) is 38.2 Å². The van der Waals surface area contributed by atoms with E-state index < -0.39 is 28.3 Å². The number of sulfonamides is 1. The molecular weight excluding hydrogens is 345 g/mol. The van der Waals surface area contributed by atoms with Gasteiger partial charge in [-0.25, -0.2) is 0 Å². The lowest BCUT2D eigenvalue weighted by atomic mass is 10.0. The first-order valence-electron chi connectivity index (χ1n) is 7.50. The molecule has 1 N–H and O–H groups in total. The summed E-state index contributed by atoms with van der Waals surface area (Å²) in [6.07, 6.45) is -4.56. The minimum atomic E-state index is -5.16. The second-order valence-electron chi connectivity index (χ2n) is 5.82. The Morgan fingerprint density at radius 3 is 2.38 bits per heavy atom. The number of nitrogens with zero attached hydrogens (tertiary/aromatic N) is 2. The normalized spacial score (nSPS) is 21.9. The lowest BCUT2D eigenvalue weighted by molar-refractivity contribution is -0.291. The van der Waals surface area contributed by atoms with E-state index in [1.807, 2.05) is 6.92 Å². The molecule has 1 unspecified atom stereocenters. The maximum atomic E-state index is 13.4. The van der Waals surface area contributed by atoms with Crippen LogP contribution in [0.25, 0.3) is 0 Å². The van der Waals surface area contributed by atoms with Gasteiger partial charge in [-0.3, -0.25) is 0 Å². The third-order valence-corrected chi connectivity index (χ3v) is 5.53. The topological polar surface area (TPSA) is 70.0 Å². The molecule has 1 atom stereocenters. The van der Waals surface area contributed by atoms with Crippen LogP contribution in [-0.4, -0.2) is 35.6 Å². The van der Waals surface area contributed by atoms with Crippen LogP contribution in [0.2, 0.25) is 0 Å². The highest BCUT2D eigenvalue weighted by Gasteiger charge is 2.64. The van der Waals surface area contributed by atoms with Crippen molar-refractivity contribution in [3.05, 3.63) is 29.8 Å². The zero-order valence-corrected chi connectivity index (χ0v) is 14.2. The van der Waals surface area contributed by atoms with E-state index in [2.05, 4.69) is 5.10 Å². The van der Waals surface area contributed by atoms with Crippen molar-refractivity contribution in [2.45, 2.75) is 56.3 Å². The summed E-state index contributed by atoms with van der Waals surface area (Å²) in [6, 6.07) is 5.33. The molecule has 1 aromatic carbocycles. The van der Waals surface area contributed by atoms with E-state index in [-0.39, 0.29) is 21.4 Å². The molecule has 9 heteroatoms. The average molecular weight is 364 g/mol. The van der Waals surface area contributed by atoms with Crippen molar-refractivity contribution in [2.75, 3.05) is 0 Å². The molecule has 0 amide bonds. The number of aliphatic hydroxyl groups is 1. The van der Waals surface area contributed by atoms with Gasteiger partial charge in [-0.1, -0.05) is 31.0 Å². The summed E-state index contributed by atoms with van der Waals surface area (Å²) in [7, 11) is -4.63. The number of hydrogen-bond donors (Lipinski definition) is 1. The van der Waals surface area contributed by atoms with Crippen LogP contribution in [-0.2, 0) is 10.0 Å². The first kappa shape index (κ1) is 18.7. The lowest BCUT2D eigenvalue weighted by Gasteiger charge is -2.33. The quantitative estimate of drug-likeness (QED) is 0.872. The smallest absolute Gasteiger partial charge is 0.361 e. The number of aryl methyl sites for hydroxylation is 1. The highest BCUT2D eigenvalue weighted by atomic mass is 32.2. The van der Waals surface area contributed by atoms with Crippen LogP contribution >= 0.6 is 0 Å². The van der Waals surface area contributed by atoms with Crippen LogP contribution in [0.4, 0.5) is 13.2 Å². The maximum Gasteiger partial charge on any atom is 0.439 e. The van der Waals surface area contributed by atoms with E-state index in [0.717, 1.165) is 5.56 Å². The summed E-state index contributed by atoms with van der Waals surface area (Å²) in [5, 5.41) is 13.7. The minimum Gasteiger partial charge on any atom is -0.361 e. The molecule has 1 aliphatic rings. The summed E-state index contributed by atoms with van der Waals surface area (Å²) >= 11 is 0. The zero-order chi connectivity index (χ0) is 18.2. The van der Waals surface area contributed by atoms with E-state index in [1.165, 1.54) is 24.3 Å². The van der Waals surface area contributed by atoms with E-state index >= 15 is 0 Å². The number of alkyl halides is 3. The lowest BCUT2D eigenvalue weighted by Crippen LogP contribution is -2.56. The fraction of sp³-hybridized carbons (Fsp3) is 0.533. The van der Waals surface area contributed by atoms with Crippen molar-refractivity contribution in [1.82, 2.24) is 4.41 Å². The van der Waals surface area contributed by atoms with Crippen LogP contribution in [0.15, 0.2) is 34.3 Å². The van der Waals surface area contributed by atoms with Gasteiger partial charge < -0.3 is 5.11 Å². The number of halogens is 3. The van der Waals surface area contributed by atoms with Crippen molar-refractivity contribution < 1.29 is 26.7 Å². The highest BCUT2D eigenvalue weighted by molar-refractivity contribution is 7.89. The molecule has 1 aliphatic heterocycles. The van der Waals surface area contributed by atoms with Gasteiger partial charge in [0.25, 0.3) is 15.7 Å². The molecule has 2 rings (SSSR count). The maximum absolute atomic E-state index is 13.4. The molecule has 1 aromatic rings. The Hall–Kier alpha value is -1.61. The predicted molar refractivity (Wildman–Crippen MR) is 82.8 cm³/mol. The van der Waals surface area contributed by atoms with Gasteiger partial charge >= 0.3 is 6.18 Å². The Balaban J connectivity index is 2.49. The van der Waals surface area contributed by atoms with Gasteiger partial charge in [-0.2, -0.15) is 26.7 Å². The summed E-state index contributed by atoms with van der Waals surface area (Å²) in [6.45, 7) is 3.57. The van der Waals surface area contributed by atoms with E-state index in [4.69, 9.17) is 0 Å². The van der Waals surface area contributed by atoms with Gasteiger partial charge in [0.2, 0.25) is 0 Å². The van der Waals surface area contributed by atoms with E-state index in [1.54, 1.807) is 6.92 Å². The molecule has 0 aliphatic carbocycles. The molecule has 1 heterocycles. The van der Waals surface area contributed by atoms with Crippen LogP contribution in [0.5, 0.6) is 0 Å². The van der Waals surface area contributed by atoms with Gasteiger partial charge in [0.05, 0.1) is 4.90 Å². The van der Waals surface area contributed by atoms with Gasteiger partial charge in [0.1, 0.15) is 0 Å². The van der Waals surface area contributed by atoms with Crippen molar-refractivity contribution in [2.24, 2.45) is 5.10 Å². The molecule has 0 bridgehead atoms. The number of rotatable bonds is 5. The molecule has 0 saturated heterocycles. The second-order valence-corrected chi connectivity index (χ2v) is 7.59. The standard InChI is InChI=1S/C15H19F3N2O3S/c1-3-4-5-12-10-14(21,15(16,17)18)20(19-12)24(22,23)13-8-6-11(2)7-9-13/h6-9,21H,3-5,10H2,1-2H3. The van der Waals surface area contributed by atoms with Gasteiger partial charge in [0.15, 0.2) is 0 Å². The van der Waals surface area contributed by atoms with Gasteiger partial charge in [-0.05, 0) is 31.9 Å². The van der Waals surface area contributed by atoms with Crippen molar-refractivity contribution in [3.63, 3.8) is 0 Å². The SMILES string of the molecule is CCCCC1=NN(S(=O)(=O)c2ccc(C)cc2)C(O)(C(F)(F)F)C1. The Morgan fingerprint density at radius 1 is 1.29 bits per heavy atom. The summed E-state index contributed by atoms with van der Waals surface area (Å²) in [5.41, 5.74) is -2.78. The number of unbranched alkanes of at least 4 members (excludes halogenated alkanes) is 1. The molecule has 0 spiro atoms. The van der Waals surface area contributed by atoms with Crippen molar-refractivity contribution >= 4 is 15.7 Å². The minimum absolute atomic E-state index is 0.0207. The Labute approximate surface area is 138 Å². The van der Waals surface area contributed by atoms with Crippen molar-refractivity contribution in [1.29, 1.82) is 0 Å². The number of benzene rings is 1. The van der Waals surface area contributed by atoms with Gasteiger partial charge in [-0.15, -0.1) is 4.41 Å². The molecule has 0 aromatic heterocycles. The highest BCUT2D eigenvalue weighted by Crippen LogP contribution is 2.43.